The summed E-state index contributed by atoms with van der Waals surface area (Å²) in [5, 5.41) is 0. The van der Waals surface area contributed by atoms with Crippen LogP contribution in [0.4, 0.5) is 4.39 Å². The maximum atomic E-state index is 13.1. The normalized spacial score (nSPS) is 27.5. The molecule has 1 saturated heterocycles. The van der Waals surface area contributed by atoms with Crippen molar-refractivity contribution in [3.63, 3.8) is 0 Å². The van der Waals surface area contributed by atoms with Gasteiger partial charge in [0.05, 0.1) is 7.11 Å². The summed E-state index contributed by atoms with van der Waals surface area (Å²) < 4.78 is 17.6. The van der Waals surface area contributed by atoms with E-state index < -0.39 is 18.2 Å². The predicted octanol–water partition coefficient (Wildman–Crippen LogP) is 0.118. The molecule has 0 unspecified atom stereocenters. The molecule has 0 aromatic rings. The minimum Gasteiger partial charge on any atom is -0.467 e. The topological polar surface area (TPSA) is 46.6 Å². The van der Waals surface area contributed by atoms with Gasteiger partial charge in [-0.15, -0.1) is 0 Å². The van der Waals surface area contributed by atoms with Gasteiger partial charge >= 0.3 is 5.97 Å². The molecule has 0 saturated carbocycles. The van der Waals surface area contributed by atoms with E-state index in [4.69, 9.17) is 0 Å². The molecule has 0 N–H and O–H groups in total. The number of likely N-dealkylation sites (tertiary alicyclic amines) is 1. The zero-order chi connectivity index (χ0) is 10.0. The lowest BCUT2D eigenvalue weighted by Crippen LogP contribution is -2.43. The van der Waals surface area contributed by atoms with E-state index in [-0.39, 0.29) is 18.9 Å². The highest BCUT2D eigenvalue weighted by atomic mass is 19.1. The summed E-state index contributed by atoms with van der Waals surface area (Å²) in [6.07, 6.45) is -1.09. The van der Waals surface area contributed by atoms with E-state index in [9.17, 15) is 14.0 Å². The van der Waals surface area contributed by atoms with E-state index in [1.807, 2.05) is 0 Å². The van der Waals surface area contributed by atoms with Gasteiger partial charge in [-0.3, -0.25) is 4.79 Å². The Morgan fingerprint density at radius 3 is 2.62 bits per heavy atom. The van der Waals surface area contributed by atoms with E-state index in [1.54, 1.807) is 0 Å². The summed E-state index contributed by atoms with van der Waals surface area (Å²) in [5.41, 5.74) is 0. The van der Waals surface area contributed by atoms with Crippen molar-refractivity contribution in [3.05, 3.63) is 0 Å². The zero-order valence-corrected chi connectivity index (χ0v) is 7.62. The molecule has 1 fully saturated rings. The number of methoxy groups -OCH3 is 1. The molecular weight excluding hydrogens is 177 g/mol. The van der Waals surface area contributed by atoms with Crippen molar-refractivity contribution in [2.75, 3.05) is 13.7 Å². The lowest BCUT2D eigenvalue weighted by Gasteiger charge is -2.21. The van der Waals surface area contributed by atoms with Crippen molar-refractivity contribution in [2.24, 2.45) is 0 Å². The summed E-state index contributed by atoms with van der Waals surface area (Å²) in [6, 6.07) is -1.04. The van der Waals surface area contributed by atoms with Crippen LogP contribution in [0.25, 0.3) is 0 Å². The van der Waals surface area contributed by atoms with Crippen LogP contribution in [0.5, 0.6) is 0 Å². The molecule has 0 aliphatic carbocycles. The third-order valence-electron chi connectivity index (χ3n) is 2.17. The van der Waals surface area contributed by atoms with Gasteiger partial charge < -0.3 is 9.64 Å². The predicted molar refractivity (Wildman–Crippen MR) is 42.7 cm³/mol. The second-order valence-electron chi connectivity index (χ2n) is 2.99. The van der Waals surface area contributed by atoms with E-state index >= 15 is 0 Å². The Kier molecular flexibility index (Phi) is 2.85. The number of nitrogens with zero attached hydrogens (tertiary/aromatic N) is 1. The second-order valence-corrected chi connectivity index (χ2v) is 2.99. The van der Waals surface area contributed by atoms with E-state index in [2.05, 4.69) is 4.74 Å². The van der Waals surface area contributed by atoms with Crippen LogP contribution >= 0.6 is 0 Å². The Morgan fingerprint density at radius 1 is 1.54 bits per heavy atom. The first kappa shape index (κ1) is 9.95. The van der Waals surface area contributed by atoms with Crippen molar-refractivity contribution >= 4 is 11.9 Å². The van der Waals surface area contributed by atoms with Gasteiger partial charge in [-0.1, -0.05) is 0 Å². The molecule has 0 spiro atoms. The summed E-state index contributed by atoms with van der Waals surface area (Å²) >= 11 is 0. The molecule has 5 heteroatoms. The second kappa shape index (κ2) is 3.72. The first-order valence-corrected chi connectivity index (χ1v) is 4.07. The van der Waals surface area contributed by atoms with Crippen molar-refractivity contribution in [3.8, 4) is 0 Å². The number of esters is 1. The van der Waals surface area contributed by atoms with Crippen LogP contribution in [0.15, 0.2) is 0 Å². The largest absolute Gasteiger partial charge is 0.467 e. The maximum absolute atomic E-state index is 13.1. The summed E-state index contributed by atoms with van der Waals surface area (Å²) in [6.45, 7) is 1.60. The molecule has 2 atom stereocenters. The van der Waals surface area contributed by atoms with Crippen LogP contribution in [-0.2, 0) is 14.3 Å². The standard InChI is InChI=1S/C8H12FNO3/c1-5(11)10-4-3-6(9)7(10)8(12)13-2/h6-7H,3-4H2,1-2H3/t6-,7+/m1/s1. The number of carbonyl (C=O) groups is 2. The molecule has 0 aromatic carbocycles. The Balaban J connectivity index is 2.76. The Morgan fingerprint density at radius 2 is 2.15 bits per heavy atom. The SMILES string of the molecule is COC(=O)[C@@H]1[C@H](F)CCN1C(C)=O. The van der Waals surface area contributed by atoms with Gasteiger partial charge in [0.15, 0.2) is 6.04 Å². The number of alkyl halides is 1. The van der Waals surface area contributed by atoms with Crippen molar-refractivity contribution in [1.82, 2.24) is 4.90 Å². The minimum atomic E-state index is -1.30. The van der Waals surface area contributed by atoms with Crippen molar-refractivity contribution in [2.45, 2.75) is 25.6 Å². The number of amides is 1. The number of hydrogen-bond donors (Lipinski definition) is 0. The fraction of sp³-hybridized carbons (Fsp3) is 0.750. The Labute approximate surface area is 75.6 Å². The first-order valence-electron chi connectivity index (χ1n) is 4.07. The molecule has 1 aliphatic heterocycles. The molecule has 13 heavy (non-hydrogen) atoms. The maximum Gasteiger partial charge on any atom is 0.331 e. The van der Waals surface area contributed by atoms with Gasteiger partial charge in [0.1, 0.15) is 6.17 Å². The van der Waals surface area contributed by atoms with Crippen LogP contribution in [0.1, 0.15) is 13.3 Å². The van der Waals surface area contributed by atoms with Gasteiger partial charge in [-0.2, -0.15) is 0 Å². The fourth-order valence-corrected chi connectivity index (χ4v) is 1.50. The van der Waals surface area contributed by atoms with E-state index in [1.165, 1.54) is 18.9 Å². The van der Waals surface area contributed by atoms with Crippen molar-refractivity contribution in [1.29, 1.82) is 0 Å². The van der Waals surface area contributed by atoms with Gasteiger partial charge in [-0.05, 0) is 6.42 Å². The fourth-order valence-electron chi connectivity index (χ4n) is 1.50. The third-order valence-corrected chi connectivity index (χ3v) is 2.17. The highest BCUT2D eigenvalue weighted by Crippen LogP contribution is 2.21. The van der Waals surface area contributed by atoms with Gasteiger partial charge in [0, 0.05) is 13.5 Å². The number of ether oxygens (including phenoxy) is 1. The lowest BCUT2D eigenvalue weighted by atomic mass is 10.2. The van der Waals surface area contributed by atoms with Crippen LogP contribution in [-0.4, -0.2) is 42.6 Å². The van der Waals surface area contributed by atoms with Crippen LogP contribution in [0, 0.1) is 0 Å². The molecule has 0 radical (unpaired) electrons. The average Bonchev–Trinajstić information content (AvgIpc) is 2.46. The molecule has 1 amide bonds. The Bertz CT molecular complexity index is 231. The molecule has 74 valence electrons. The molecular formula is C8H12FNO3. The van der Waals surface area contributed by atoms with Crippen LogP contribution < -0.4 is 0 Å². The smallest absolute Gasteiger partial charge is 0.331 e. The molecule has 0 bridgehead atoms. The minimum absolute atomic E-state index is 0.208. The summed E-state index contributed by atoms with van der Waals surface area (Å²) in [7, 11) is 1.19. The number of carbonyl (C=O) groups excluding carboxylic acids is 2. The number of rotatable bonds is 1. The summed E-state index contributed by atoms with van der Waals surface area (Å²) in [4.78, 5) is 23.3. The number of halogens is 1. The Hall–Kier alpha value is -1.13. The quantitative estimate of drug-likeness (QED) is 0.550. The zero-order valence-electron chi connectivity index (χ0n) is 7.62. The third kappa shape index (κ3) is 1.79. The van der Waals surface area contributed by atoms with Gasteiger partial charge in [-0.25, -0.2) is 9.18 Å². The lowest BCUT2D eigenvalue weighted by molar-refractivity contribution is -0.152. The van der Waals surface area contributed by atoms with E-state index in [0.717, 1.165) is 0 Å². The van der Waals surface area contributed by atoms with Gasteiger partial charge in [0.2, 0.25) is 5.91 Å². The van der Waals surface area contributed by atoms with Crippen molar-refractivity contribution < 1.29 is 18.7 Å². The van der Waals surface area contributed by atoms with E-state index in [0.29, 0.717) is 0 Å². The molecule has 1 aliphatic rings. The van der Waals surface area contributed by atoms with Crippen LogP contribution in [0.2, 0.25) is 0 Å². The molecule has 1 rings (SSSR count). The monoisotopic (exact) mass is 189 g/mol. The summed E-state index contributed by atoms with van der Waals surface area (Å²) in [5.74, 6) is -0.976. The highest BCUT2D eigenvalue weighted by molar-refractivity contribution is 5.84. The van der Waals surface area contributed by atoms with Gasteiger partial charge in [0.25, 0.3) is 0 Å². The average molecular weight is 189 g/mol. The molecule has 1 heterocycles. The first-order chi connectivity index (χ1) is 6.07. The molecule has 0 aromatic heterocycles. The van der Waals surface area contributed by atoms with Crippen LogP contribution in [0.3, 0.4) is 0 Å². The number of hydrogen-bond acceptors (Lipinski definition) is 3. The highest BCUT2D eigenvalue weighted by Gasteiger charge is 2.41. The molecule has 4 nitrogen and oxygen atoms in total.